The fourth-order valence-electron chi connectivity index (χ4n) is 2.30. The largest absolute Gasteiger partial charge is 0.481 e. The lowest BCUT2D eigenvalue weighted by molar-refractivity contribution is -0.138. The van der Waals surface area contributed by atoms with Crippen LogP contribution < -0.4 is 5.73 Å². The highest BCUT2D eigenvalue weighted by Crippen LogP contribution is 2.26. The Labute approximate surface area is 101 Å². The Balaban J connectivity index is 2.26. The van der Waals surface area contributed by atoms with Crippen molar-refractivity contribution < 1.29 is 9.90 Å². The molecule has 0 bridgehead atoms. The van der Waals surface area contributed by atoms with E-state index in [2.05, 4.69) is 11.8 Å². The lowest BCUT2D eigenvalue weighted by atomic mass is 9.96. The van der Waals surface area contributed by atoms with Gasteiger partial charge in [0.15, 0.2) is 0 Å². The van der Waals surface area contributed by atoms with Crippen molar-refractivity contribution in [1.82, 2.24) is 4.90 Å². The van der Waals surface area contributed by atoms with E-state index in [9.17, 15) is 4.79 Å². The Bertz CT molecular complexity index is 431. The van der Waals surface area contributed by atoms with Gasteiger partial charge in [0.25, 0.3) is 0 Å². The van der Waals surface area contributed by atoms with E-state index in [1.54, 1.807) is 0 Å². The summed E-state index contributed by atoms with van der Waals surface area (Å²) in [5.74, 6) is -1.44. The number of hydrogen-bond donors (Lipinski definition) is 2. The van der Waals surface area contributed by atoms with Crippen molar-refractivity contribution in [1.29, 1.82) is 0 Å². The molecule has 1 heterocycles. The minimum Gasteiger partial charge on any atom is -0.481 e. The second-order valence-electron chi connectivity index (χ2n) is 4.46. The number of nitrogens with two attached hydrogens (primary N) is 1. The quantitative estimate of drug-likeness (QED) is 0.820. The summed E-state index contributed by atoms with van der Waals surface area (Å²) < 4.78 is 0. The number of carboxylic acids is 1. The Morgan fingerprint density at radius 1 is 1.47 bits per heavy atom. The lowest BCUT2D eigenvalue weighted by Gasteiger charge is -2.11. The summed E-state index contributed by atoms with van der Waals surface area (Å²) in [5.41, 5.74) is 8.87. The van der Waals surface area contributed by atoms with Gasteiger partial charge in [-0.25, -0.2) is 0 Å². The van der Waals surface area contributed by atoms with Crippen LogP contribution in [0.15, 0.2) is 18.2 Å². The molecular formula is C13H18N2O2. The van der Waals surface area contributed by atoms with E-state index in [1.807, 2.05) is 18.2 Å². The third kappa shape index (κ3) is 2.33. The number of fused-ring (bicyclic) bond motifs is 1. The number of benzene rings is 1. The summed E-state index contributed by atoms with van der Waals surface area (Å²) in [6.45, 7) is 5.17. The topological polar surface area (TPSA) is 66.6 Å². The number of carbonyl (C=O) groups is 1. The smallest absolute Gasteiger partial charge is 0.312 e. The van der Waals surface area contributed by atoms with Gasteiger partial charge in [0.05, 0.1) is 5.92 Å². The number of aliphatic carboxylic acids is 1. The molecule has 0 fully saturated rings. The van der Waals surface area contributed by atoms with Gasteiger partial charge in [-0.15, -0.1) is 0 Å². The molecular weight excluding hydrogens is 216 g/mol. The fraction of sp³-hybridized carbons (Fsp3) is 0.462. The van der Waals surface area contributed by atoms with E-state index in [-0.39, 0.29) is 6.54 Å². The van der Waals surface area contributed by atoms with E-state index in [1.165, 1.54) is 11.1 Å². The highest BCUT2D eigenvalue weighted by molar-refractivity contribution is 5.76. The number of nitrogens with zero attached hydrogens (tertiary/aromatic N) is 1. The van der Waals surface area contributed by atoms with Crippen molar-refractivity contribution in [3.63, 3.8) is 0 Å². The maximum absolute atomic E-state index is 11.1. The van der Waals surface area contributed by atoms with Gasteiger partial charge in [0.2, 0.25) is 0 Å². The Morgan fingerprint density at radius 2 is 2.18 bits per heavy atom. The molecule has 0 saturated heterocycles. The van der Waals surface area contributed by atoms with Crippen LogP contribution in [-0.2, 0) is 17.9 Å². The molecule has 1 aliphatic rings. The molecule has 3 N–H and O–H groups in total. The van der Waals surface area contributed by atoms with Crippen LogP contribution in [0, 0.1) is 0 Å². The first kappa shape index (κ1) is 12.1. The molecule has 4 heteroatoms. The van der Waals surface area contributed by atoms with Crippen molar-refractivity contribution in [2.75, 3.05) is 13.1 Å². The van der Waals surface area contributed by atoms with Crippen LogP contribution in [-0.4, -0.2) is 29.1 Å². The predicted molar refractivity (Wildman–Crippen MR) is 65.7 cm³/mol. The molecule has 1 aromatic carbocycles. The average molecular weight is 234 g/mol. The SMILES string of the molecule is CCN1Cc2ccc(C(CN)C(=O)O)cc2C1. The summed E-state index contributed by atoms with van der Waals surface area (Å²) in [7, 11) is 0. The third-order valence-electron chi connectivity index (χ3n) is 3.40. The van der Waals surface area contributed by atoms with Gasteiger partial charge in [-0.05, 0) is 23.2 Å². The number of rotatable bonds is 4. The molecule has 1 aromatic rings. The molecule has 0 aliphatic carbocycles. The molecule has 1 unspecified atom stereocenters. The minimum absolute atomic E-state index is 0.144. The normalized spacial score (nSPS) is 16.8. The van der Waals surface area contributed by atoms with Gasteiger partial charge >= 0.3 is 5.97 Å². The minimum atomic E-state index is -0.849. The molecule has 4 nitrogen and oxygen atoms in total. The number of carboxylic acid groups (broad SMARTS) is 1. The molecule has 17 heavy (non-hydrogen) atoms. The monoisotopic (exact) mass is 234 g/mol. The molecule has 0 amide bonds. The maximum atomic E-state index is 11.1. The van der Waals surface area contributed by atoms with Gasteiger partial charge in [-0.3, -0.25) is 9.69 Å². The standard InChI is InChI=1S/C13H18N2O2/c1-2-15-7-10-4-3-9(5-11(10)8-15)12(6-14)13(16)17/h3-5,12H,2,6-8,14H2,1H3,(H,16,17). The van der Waals surface area contributed by atoms with Gasteiger partial charge in [0.1, 0.15) is 0 Å². The summed E-state index contributed by atoms with van der Waals surface area (Å²) in [6.07, 6.45) is 0. The molecule has 0 aromatic heterocycles. The van der Waals surface area contributed by atoms with Crippen molar-refractivity contribution in [3.8, 4) is 0 Å². The van der Waals surface area contributed by atoms with E-state index < -0.39 is 11.9 Å². The predicted octanol–water partition coefficient (Wildman–Crippen LogP) is 1.15. The first-order valence-electron chi connectivity index (χ1n) is 5.92. The third-order valence-corrected chi connectivity index (χ3v) is 3.40. The summed E-state index contributed by atoms with van der Waals surface area (Å²) in [5, 5.41) is 9.08. The second-order valence-corrected chi connectivity index (χ2v) is 4.46. The van der Waals surface area contributed by atoms with E-state index in [0.717, 1.165) is 25.2 Å². The van der Waals surface area contributed by atoms with Crippen LogP contribution in [0.3, 0.4) is 0 Å². The van der Waals surface area contributed by atoms with Crippen LogP contribution in [0.1, 0.15) is 29.5 Å². The first-order chi connectivity index (χ1) is 8.15. The molecule has 0 radical (unpaired) electrons. The van der Waals surface area contributed by atoms with Crippen molar-refractivity contribution >= 4 is 5.97 Å². The molecule has 0 spiro atoms. The van der Waals surface area contributed by atoms with Gasteiger partial charge in [-0.1, -0.05) is 25.1 Å². The highest BCUT2D eigenvalue weighted by Gasteiger charge is 2.22. The van der Waals surface area contributed by atoms with Crippen LogP contribution in [0.4, 0.5) is 0 Å². The molecule has 92 valence electrons. The second kappa shape index (κ2) is 4.85. The van der Waals surface area contributed by atoms with Crippen molar-refractivity contribution in [2.45, 2.75) is 25.9 Å². The van der Waals surface area contributed by atoms with Crippen molar-refractivity contribution in [3.05, 3.63) is 34.9 Å². The summed E-state index contributed by atoms with van der Waals surface area (Å²) in [4.78, 5) is 13.4. The van der Waals surface area contributed by atoms with Crippen molar-refractivity contribution in [2.24, 2.45) is 5.73 Å². The summed E-state index contributed by atoms with van der Waals surface area (Å²) in [6, 6.07) is 5.92. The Morgan fingerprint density at radius 3 is 2.76 bits per heavy atom. The first-order valence-corrected chi connectivity index (χ1v) is 5.92. The fourth-order valence-corrected chi connectivity index (χ4v) is 2.30. The molecule has 1 aliphatic heterocycles. The average Bonchev–Trinajstić information content (AvgIpc) is 2.71. The zero-order valence-corrected chi connectivity index (χ0v) is 10.0. The molecule has 2 rings (SSSR count). The maximum Gasteiger partial charge on any atom is 0.312 e. The summed E-state index contributed by atoms with van der Waals surface area (Å²) >= 11 is 0. The number of hydrogen-bond acceptors (Lipinski definition) is 3. The van der Waals surface area contributed by atoms with Gasteiger partial charge in [-0.2, -0.15) is 0 Å². The van der Waals surface area contributed by atoms with Gasteiger partial charge in [0, 0.05) is 19.6 Å². The van der Waals surface area contributed by atoms with E-state index >= 15 is 0 Å². The van der Waals surface area contributed by atoms with Crippen LogP contribution >= 0.6 is 0 Å². The zero-order chi connectivity index (χ0) is 12.4. The lowest BCUT2D eigenvalue weighted by Crippen LogP contribution is -2.21. The van der Waals surface area contributed by atoms with Gasteiger partial charge < -0.3 is 10.8 Å². The highest BCUT2D eigenvalue weighted by atomic mass is 16.4. The molecule has 1 atom stereocenters. The van der Waals surface area contributed by atoms with Crippen LogP contribution in [0.5, 0.6) is 0 Å². The van der Waals surface area contributed by atoms with E-state index in [4.69, 9.17) is 10.8 Å². The zero-order valence-electron chi connectivity index (χ0n) is 10.0. The Kier molecular flexibility index (Phi) is 3.45. The van der Waals surface area contributed by atoms with Crippen LogP contribution in [0.25, 0.3) is 0 Å². The van der Waals surface area contributed by atoms with Crippen LogP contribution in [0.2, 0.25) is 0 Å². The van der Waals surface area contributed by atoms with E-state index in [0.29, 0.717) is 0 Å². The molecule has 0 saturated carbocycles. The Hall–Kier alpha value is -1.39.